The Morgan fingerprint density at radius 1 is 1.43 bits per heavy atom. The van der Waals surface area contributed by atoms with Crippen LogP contribution in [0.1, 0.15) is 12.8 Å². The Labute approximate surface area is 121 Å². The van der Waals surface area contributed by atoms with Crippen LogP contribution in [0.3, 0.4) is 0 Å². The van der Waals surface area contributed by atoms with Gasteiger partial charge in [-0.2, -0.15) is 0 Å². The lowest BCUT2D eigenvalue weighted by Crippen LogP contribution is -2.21. The van der Waals surface area contributed by atoms with E-state index in [1.165, 1.54) is 20.3 Å². The van der Waals surface area contributed by atoms with Gasteiger partial charge in [-0.15, -0.1) is 0 Å². The molecule has 1 aromatic carbocycles. The number of hydrogen-bond acceptors (Lipinski definition) is 6. The van der Waals surface area contributed by atoms with Crippen LogP contribution in [0.2, 0.25) is 0 Å². The first-order chi connectivity index (χ1) is 9.90. The number of nitro benzene ring substituents is 1. The summed E-state index contributed by atoms with van der Waals surface area (Å²) in [6.45, 7) is 0.380. The van der Waals surface area contributed by atoms with Crippen molar-refractivity contribution in [1.82, 2.24) is 0 Å². The summed E-state index contributed by atoms with van der Waals surface area (Å²) in [6.07, 6.45) is 0.660. The van der Waals surface area contributed by atoms with E-state index in [1.54, 1.807) is 11.9 Å². The molecule has 0 N–H and O–H groups in total. The van der Waals surface area contributed by atoms with Crippen LogP contribution in [0.5, 0.6) is 5.75 Å². The van der Waals surface area contributed by atoms with E-state index in [4.69, 9.17) is 4.74 Å². The second-order valence-corrected chi connectivity index (χ2v) is 4.33. The quantitative estimate of drug-likeness (QED) is 0.436. The van der Waals surface area contributed by atoms with E-state index in [-0.39, 0.29) is 29.5 Å². The molecule has 0 heterocycles. The highest BCUT2D eigenvalue weighted by atomic mass is 19.1. The third-order valence-electron chi connectivity index (χ3n) is 2.96. The van der Waals surface area contributed by atoms with Gasteiger partial charge in [0, 0.05) is 26.1 Å². The molecule has 0 aromatic heterocycles. The molecule has 116 valence electrons. The number of benzene rings is 1. The summed E-state index contributed by atoms with van der Waals surface area (Å²) in [7, 11) is 4.20. The Morgan fingerprint density at radius 2 is 2.10 bits per heavy atom. The zero-order valence-corrected chi connectivity index (χ0v) is 12.1. The number of halogens is 1. The molecule has 8 heteroatoms. The minimum Gasteiger partial charge on any atom is -0.494 e. The number of methoxy groups -OCH3 is 2. The van der Waals surface area contributed by atoms with Crippen LogP contribution in [0, 0.1) is 15.9 Å². The molecule has 0 unspecified atom stereocenters. The normalized spacial score (nSPS) is 10.1. The second-order valence-electron chi connectivity index (χ2n) is 4.33. The summed E-state index contributed by atoms with van der Waals surface area (Å²) in [4.78, 5) is 22.9. The van der Waals surface area contributed by atoms with Gasteiger partial charge in [0.25, 0.3) is 5.69 Å². The zero-order chi connectivity index (χ0) is 16.0. The van der Waals surface area contributed by atoms with Crippen molar-refractivity contribution in [2.24, 2.45) is 0 Å². The average molecular weight is 300 g/mol. The molecule has 0 radical (unpaired) electrons. The highest BCUT2D eigenvalue weighted by Crippen LogP contribution is 2.34. The van der Waals surface area contributed by atoms with E-state index < -0.39 is 10.7 Å². The largest absolute Gasteiger partial charge is 0.494 e. The van der Waals surface area contributed by atoms with Crippen LogP contribution in [0.25, 0.3) is 0 Å². The van der Waals surface area contributed by atoms with E-state index in [0.717, 1.165) is 6.07 Å². The van der Waals surface area contributed by atoms with Gasteiger partial charge in [-0.3, -0.25) is 14.9 Å². The maximum Gasteiger partial charge on any atom is 0.305 e. The molecule has 1 rings (SSSR count). The molecule has 0 aliphatic rings. The third-order valence-corrected chi connectivity index (χ3v) is 2.96. The molecule has 21 heavy (non-hydrogen) atoms. The predicted molar refractivity (Wildman–Crippen MR) is 74.1 cm³/mol. The van der Waals surface area contributed by atoms with Crippen molar-refractivity contribution in [2.45, 2.75) is 12.8 Å². The van der Waals surface area contributed by atoms with Crippen LogP contribution in [0.4, 0.5) is 15.8 Å². The summed E-state index contributed by atoms with van der Waals surface area (Å²) < 4.78 is 22.9. The molecule has 0 spiro atoms. The fraction of sp³-hybridized carbons (Fsp3) is 0.462. The number of nitrogens with zero attached hydrogens (tertiary/aromatic N) is 2. The molecule has 7 nitrogen and oxygen atoms in total. The van der Waals surface area contributed by atoms with Crippen LogP contribution in [-0.4, -0.2) is 38.7 Å². The van der Waals surface area contributed by atoms with Gasteiger partial charge >= 0.3 is 5.97 Å². The SMILES string of the molecule is COC(=O)CCCN(C)c1cc(OC)c(F)cc1[N+](=O)[O-]. The number of carbonyl (C=O) groups is 1. The summed E-state index contributed by atoms with van der Waals surface area (Å²) in [6, 6.07) is 2.09. The van der Waals surface area contributed by atoms with Gasteiger partial charge < -0.3 is 14.4 Å². The van der Waals surface area contributed by atoms with Gasteiger partial charge in [0.15, 0.2) is 11.6 Å². The Morgan fingerprint density at radius 3 is 2.62 bits per heavy atom. The van der Waals surface area contributed by atoms with E-state index in [2.05, 4.69) is 4.74 Å². The van der Waals surface area contributed by atoms with E-state index >= 15 is 0 Å². The predicted octanol–water partition coefficient (Wildman–Crippen LogP) is 2.13. The molecule has 1 aromatic rings. The van der Waals surface area contributed by atoms with Crippen molar-refractivity contribution in [3.63, 3.8) is 0 Å². The number of esters is 1. The number of rotatable bonds is 7. The number of anilines is 1. The van der Waals surface area contributed by atoms with Crippen LogP contribution >= 0.6 is 0 Å². The van der Waals surface area contributed by atoms with Gasteiger partial charge in [0.2, 0.25) is 0 Å². The number of nitro groups is 1. The topological polar surface area (TPSA) is 81.9 Å². The smallest absolute Gasteiger partial charge is 0.305 e. The fourth-order valence-electron chi connectivity index (χ4n) is 1.82. The Hall–Kier alpha value is -2.38. The zero-order valence-electron chi connectivity index (χ0n) is 12.1. The highest BCUT2D eigenvalue weighted by Gasteiger charge is 2.21. The Balaban J connectivity index is 2.93. The maximum absolute atomic E-state index is 13.5. The number of carbonyl (C=O) groups excluding carboxylic acids is 1. The van der Waals surface area contributed by atoms with Gasteiger partial charge in [-0.1, -0.05) is 0 Å². The second kappa shape index (κ2) is 7.41. The number of ether oxygens (including phenoxy) is 2. The molecule has 0 aliphatic carbocycles. The lowest BCUT2D eigenvalue weighted by Gasteiger charge is -2.19. The van der Waals surface area contributed by atoms with Gasteiger partial charge in [-0.05, 0) is 6.42 Å². The summed E-state index contributed by atoms with van der Waals surface area (Å²) in [5.41, 5.74) is -0.128. The lowest BCUT2D eigenvalue weighted by atomic mass is 10.2. The molecule has 0 saturated carbocycles. The third kappa shape index (κ3) is 4.30. The monoisotopic (exact) mass is 300 g/mol. The van der Waals surface area contributed by atoms with Crippen molar-refractivity contribution < 1.29 is 23.6 Å². The van der Waals surface area contributed by atoms with Gasteiger partial charge in [0.1, 0.15) is 5.69 Å². The van der Waals surface area contributed by atoms with E-state index in [9.17, 15) is 19.3 Å². The molecule has 0 fully saturated rings. The summed E-state index contributed by atoms with van der Waals surface area (Å²) in [5.74, 6) is -1.22. The van der Waals surface area contributed by atoms with Gasteiger partial charge in [0.05, 0.1) is 25.2 Å². The van der Waals surface area contributed by atoms with Gasteiger partial charge in [-0.25, -0.2) is 4.39 Å². The Kier molecular flexibility index (Phi) is 5.89. The minimum absolute atomic E-state index is 0.0737. The van der Waals surface area contributed by atoms with Crippen molar-refractivity contribution in [3.8, 4) is 5.75 Å². The Bertz CT molecular complexity index is 536. The first kappa shape index (κ1) is 16.7. The molecule has 0 bridgehead atoms. The van der Waals surface area contributed by atoms with Crippen molar-refractivity contribution in [2.75, 3.05) is 32.7 Å². The minimum atomic E-state index is -0.795. The molecule has 0 saturated heterocycles. The molecule has 0 aliphatic heterocycles. The molecule has 0 atom stereocenters. The standard InChI is InChI=1S/C13H17FN2O5/c1-15(6-4-5-13(17)21-3)10-8-12(20-2)9(14)7-11(10)16(18)19/h7-8H,4-6H2,1-3H3. The first-order valence-corrected chi connectivity index (χ1v) is 6.20. The molecular formula is C13H17FN2O5. The van der Waals surface area contributed by atoms with E-state index in [0.29, 0.717) is 13.0 Å². The highest BCUT2D eigenvalue weighted by molar-refractivity contribution is 5.69. The average Bonchev–Trinajstić information content (AvgIpc) is 2.46. The maximum atomic E-state index is 13.5. The van der Waals surface area contributed by atoms with Crippen molar-refractivity contribution >= 4 is 17.3 Å². The molecule has 0 amide bonds. The molecular weight excluding hydrogens is 283 g/mol. The van der Waals surface area contributed by atoms with Crippen LogP contribution in [0.15, 0.2) is 12.1 Å². The van der Waals surface area contributed by atoms with Crippen LogP contribution in [-0.2, 0) is 9.53 Å². The van der Waals surface area contributed by atoms with Crippen LogP contribution < -0.4 is 9.64 Å². The first-order valence-electron chi connectivity index (χ1n) is 6.20. The summed E-state index contributed by atoms with van der Waals surface area (Å²) in [5, 5.41) is 11.0. The van der Waals surface area contributed by atoms with E-state index in [1.807, 2.05) is 0 Å². The fourth-order valence-corrected chi connectivity index (χ4v) is 1.82. The lowest BCUT2D eigenvalue weighted by molar-refractivity contribution is -0.384. The van der Waals surface area contributed by atoms with Crippen molar-refractivity contribution in [3.05, 3.63) is 28.1 Å². The summed E-state index contributed by atoms with van der Waals surface area (Å²) >= 11 is 0. The number of hydrogen-bond donors (Lipinski definition) is 0. The van der Waals surface area contributed by atoms with Crippen molar-refractivity contribution in [1.29, 1.82) is 0 Å².